The molecule has 4 unspecified atom stereocenters. The van der Waals surface area contributed by atoms with Crippen molar-refractivity contribution in [2.75, 3.05) is 6.54 Å². The number of benzene rings is 1. The van der Waals surface area contributed by atoms with E-state index in [1.807, 2.05) is 0 Å². The van der Waals surface area contributed by atoms with E-state index in [2.05, 4.69) is 16.0 Å². The van der Waals surface area contributed by atoms with Crippen LogP contribution in [0.1, 0.15) is 38.7 Å². The Kier molecular flexibility index (Phi) is 11.5. The first-order valence-electron chi connectivity index (χ1n) is 10.8. The molecule has 0 aliphatic rings. The summed E-state index contributed by atoms with van der Waals surface area (Å²) >= 11 is 0. The molecule has 34 heavy (non-hydrogen) atoms. The molecule has 1 rings (SSSR count). The Bertz CT molecular complexity index is 874. The number of aromatic hydroxyl groups is 1. The summed E-state index contributed by atoms with van der Waals surface area (Å²) < 4.78 is 0. The van der Waals surface area contributed by atoms with Gasteiger partial charge in [0.1, 0.15) is 24.4 Å². The van der Waals surface area contributed by atoms with Gasteiger partial charge in [-0.25, -0.2) is 0 Å². The second-order valence-electron chi connectivity index (χ2n) is 7.95. The van der Waals surface area contributed by atoms with Gasteiger partial charge in [0.2, 0.25) is 17.7 Å². The van der Waals surface area contributed by atoms with Crippen LogP contribution in [0.3, 0.4) is 0 Å². The van der Waals surface area contributed by atoms with Gasteiger partial charge in [-0.3, -0.25) is 24.0 Å². The van der Waals surface area contributed by atoms with E-state index < -0.39 is 60.8 Å². The van der Waals surface area contributed by atoms with Crippen molar-refractivity contribution in [3.8, 4) is 5.75 Å². The van der Waals surface area contributed by atoms with Crippen LogP contribution in [0, 0.1) is 5.92 Å². The van der Waals surface area contributed by atoms with Crippen LogP contribution in [-0.4, -0.2) is 69.7 Å². The van der Waals surface area contributed by atoms with E-state index in [0.717, 1.165) is 0 Å². The van der Waals surface area contributed by atoms with Gasteiger partial charge in [0.05, 0.1) is 6.04 Å². The predicted molar refractivity (Wildman–Crippen MR) is 121 cm³/mol. The first kappa shape index (κ1) is 28.4. The standard InChI is InChI=1S/C22H32N4O8/c1-3-12(2)19(22(34)24-11-18(30)31)26-21(33)16(8-9-17(28)29)25-20(32)15(23)10-13-4-6-14(27)7-5-13/h4-7,12,15-16,19,27H,3,8-11,23H2,1-2H3,(H,24,34)(H,25,32)(H,26,33)(H,28,29)(H,30,31). The number of amides is 3. The smallest absolute Gasteiger partial charge is 0.322 e. The number of carboxylic acid groups (broad SMARTS) is 2. The summed E-state index contributed by atoms with van der Waals surface area (Å²) in [5.41, 5.74) is 6.60. The molecule has 0 saturated heterocycles. The van der Waals surface area contributed by atoms with Crippen LogP contribution in [0.15, 0.2) is 24.3 Å². The first-order valence-corrected chi connectivity index (χ1v) is 10.8. The SMILES string of the molecule is CCC(C)C(NC(=O)C(CCC(=O)O)NC(=O)C(N)Cc1ccc(O)cc1)C(=O)NCC(=O)O. The molecule has 0 aliphatic heterocycles. The molecule has 0 heterocycles. The Labute approximate surface area is 196 Å². The van der Waals surface area contributed by atoms with Crippen LogP contribution in [0.4, 0.5) is 0 Å². The number of nitrogens with two attached hydrogens (primary N) is 1. The highest BCUT2D eigenvalue weighted by Gasteiger charge is 2.31. The van der Waals surface area contributed by atoms with Gasteiger partial charge < -0.3 is 37.0 Å². The van der Waals surface area contributed by atoms with Crippen LogP contribution in [-0.2, 0) is 30.4 Å². The van der Waals surface area contributed by atoms with Crippen molar-refractivity contribution in [3.05, 3.63) is 29.8 Å². The number of carboxylic acids is 2. The molecule has 4 atom stereocenters. The topological polar surface area (TPSA) is 208 Å². The maximum Gasteiger partial charge on any atom is 0.322 e. The van der Waals surface area contributed by atoms with E-state index in [4.69, 9.17) is 15.9 Å². The largest absolute Gasteiger partial charge is 0.508 e. The van der Waals surface area contributed by atoms with Crippen LogP contribution in [0.25, 0.3) is 0 Å². The molecule has 1 aromatic rings. The number of carbonyl (C=O) groups is 5. The van der Waals surface area contributed by atoms with Crippen LogP contribution in [0.2, 0.25) is 0 Å². The summed E-state index contributed by atoms with van der Waals surface area (Å²) in [5, 5.41) is 34.3. The van der Waals surface area contributed by atoms with E-state index in [1.54, 1.807) is 26.0 Å². The molecule has 3 amide bonds. The zero-order valence-electron chi connectivity index (χ0n) is 19.1. The second kappa shape index (κ2) is 13.8. The van der Waals surface area contributed by atoms with E-state index in [9.17, 15) is 29.1 Å². The van der Waals surface area contributed by atoms with Gasteiger partial charge in [0, 0.05) is 6.42 Å². The molecular formula is C22H32N4O8. The van der Waals surface area contributed by atoms with Gasteiger partial charge >= 0.3 is 11.9 Å². The molecule has 1 aromatic carbocycles. The monoisotopic (exact) mass is 480 g/mol. The van der Waals surface area contributed by atoms with Gasteiger partial charge in [0.25, 0.3) is 0 Å². The number of hydrogen-bond acceptors (Lipinski definition) is 7. The molecule has 0 fully saturated rings. The second-order valence-corrected chi connectivity index (χ2v) is 7.95. The summed E-state index contributed by atoms with van der Waals surface area (Å²) in [6.45, 7) is 2.83. The van der Waals surface area contributed by atoms with E-state index >= 15 is 0 Å². The fourth-order valence-corrected chi connectivity index (χ4v) is 3.02. The quantitative estimate of drug-likeness (QED) is 0.180. The number of rotatable bonds is 14. The summed E-state index contributed by atoms with van der Waals surface area (Å²) in [6, 6.07) is 2.61. The van der Waals surface area contributed by atoms with Crippen molar-refractivity contribution in [3.63, 3.8) is 0 Å². The van der Waals surface area contributed by atoms with Crippen molar-refractivity contribution in [2.45, 2.75) is 57.7 Å². The Morgan fingerprint density at radius 1 is 0.941 bits per heavy atom. The molecule has 8 N–H and O–H groups in total. The molecule has 0 radical (unpaired) electrons. The number of nitrogens with one attached hydrogen (secondary N) is 3. The number of phenolic OH excluding ortho intramolecular Hbond substituents is 1. The zero-order chi connectivity index (χ0) is 25.8. The summed E-state index contributed by atoms with van der Waals surface area (Å²) in [6.07, 6.45) is -0.0881. The summed E-state index contributed by atoms with van der Waals surface area (Å²) in [4.78, 5) is 59.7. The minimum absolute atomic E-state index is 0.0513. The Morgan fingerprint density at radius 2 is 1.56 bits per heavy atom. The van der Waals surface area contributed by atoms with Gasteiger partial charge in [-0.1, -0.05) is 32.4 Å². The zero-order valence-corrected chi connectivity index (χ0v) is 19.1. The highest BCUT2D eigenvalue weighted by atomic mass is 16.4. The molecule has 0 spiro atoms. The maximum absolute atomic E-state index is 12.9. The molecule has 0 bridgehead atoms. The van der Waals surface area contributed by atoms with Crippen molar-refractivity contribution >= 4 is 29.7 Å². The molecule has 188 valence electrons. The third-order valence-electron chi connectivity index (χ3n) is 5.22. The van der Waals surface area contributed by atoms with Crippen molar-refractivity contribution in [1.29, 1.82) is 0 Å². The molecule has 12 nitrogen and oxygen atoms in total. The Balaban J connectivity index is 2.93. The van der Waals surface area contributed by atoms with Crippen molar-refractivity contribution < 1.29 is 39.3 Å². The lowest BCUT2D eigenvalue weighted by molar-refractivity contribution is -0.139. The lowest BCUT2D eigenvalue weighted by atomic mass is 9.97. The summed E-state index contributed by atoms with van der Waals surface area (Å²) in [7, 11) is 0. The highest BCUT2D eigenvalue weighted by molar-refractivity contribution is 5.94. The number of hydrogen-bond donors (Lipinski definition) is 7. The number of aliphatic carboxylic acids is 2. The predicted octanol–water partition coefficient (Wildman–Crippen LogP) is -0.657. The molecule has 0 saturated carbocycles. The first-order chi connectivity index (χ1) is 15.9. The van der Waals surface area contributed by atoms with Gasteiger partial charge in [0.15, 0.2) is 0 Å². The highest BCUT2D eigenvalue weighted by Crippen LogP contribution is 2.12. The number of carbonyl (C=O) groups excluding carboxylic acids is 3. The van der Waals surface area contributed by atoms with E-state index in [1.165, 1.54) is 12.1 Å². The minimum Gasteiger partial charge on any atom is -0.508 e. The normalized spacial score (nSPS) is 14.2. The molecule has 12 heteroatoms. The van der Waals surface area contributed by atoms with Crippen LogP contribution in [0.5, 0.6) is 5.75 Å². The van der Waals surface area contributed by atoms with Crippen molar-refractivity contribution in [1.82, 2.24) is 16.0 Å². The van der Waals surface area contributed by atoms with Crippen LogP contribution >= 0.6 is 0 Å². The average molecular weight is 481 g/mol. The molecule has 0 aromatic heterocycles. The van der Waals surface area contributed by atoms with Gasteiger partial charge in [-0.2, -0.15) is 0 Å². The van der Waals surface area contributed by atoms with Gasteiger partial charge in [-0.05, 0) is 36.5 Å². The Hall–Kier alpha value is -3.67. The van der Waals surface area contributed by atoms with Crippen molar-refractivity contribution in [2.24, 2.45) is 11.7 Å². The fraction of sp³-hybridized carbons (Fsp3) is 0.500. The number of phenols is 1. The third-order valence-corrected chi connectivity index (χ3v) is 5.22. The third kappa shape index (κ3) is 9.86. The average Bonchev–Trinajstić information content (AvgIpc) is 2.78. The summed E-state index contributed by atoms with van der Waals surface area (Å²) in [5.74, 6) is -4.95. The Morgan fingerprint density at radius 3 is 2.09 bits per heavy atom. The van der Waals surface area contributed by atoms with E-state index in [-0.39, 0.29) is 24.5 Å². The van der Waals surface area contributed by atoms with E-state index in [0.29, 0.717) is 12.0 Å². The lowest BCUT2D eigenvalue weighted by Crippen LogP contribution is -2.57. The fourth-order valence-electron chi connectivity index (χ4n) is 3.02. The minimum atomic E-state index is -1.28. The molecular weight excluding hydrogens is 448 g/mol. The molecule has 0 aliphatic carbocycles. The van der Waals surface area contributed by atoms with Gasteiger partial charge in [-0.15, -0.1) is 0 Å². The lowest BCUT2D eigenvalue weighted by Gasteiger charge is -2.26. The maximum atomic E-state index is 12.9. The van der Waals surface area contributed by atoms with Crippen LogP contribution < -0.4 is 21.7 Å².